The van der Waals surface area contributed by atoms with Crippen molar-refractivity contribution in [3.8, 4) is 0 Å². The van der Waals surface area contributed by atoms with Crippen LogP contribution >= 0.6 is 11.6 Å². The van der Waals surface area contributed by atoms with Crippen molar-refractivity contribution in [2.75, 3.05) is 7.05 Å². The van der Waals surface area contributed by atoms with Crippen molar-refractivity contribution in [1.82, 2.24) is 10.6 Å². The van der Waals surface area contributed by atoms with E-state index in [0.29, 0.717) is 12.0 Å². The molecule has 1 saturated carbocycles. The minimum absolute atomic E-state index is 0.431. The van der Waals surface area contributed by atoms with Crippen molar-refractivity contribution < 1.29 is 0 Å². The Morgan fingerprint density at radius 3 is 2.73 bits per heavy atom. The van der Waals surface area contributed by atoms with Crippen LogP contribution in [0.3, 0.4) is 0 Å². The van der Waals surface area contributed by atoms with E-state index in [4.69, 9.17) is 11.6 Å². The second-order valence-electron chi connectivity index (χ2n) is 5.56. The molecule has 0 aliphatic heterocycles. The van der Waals surface area contributed by atoms with Crippen molar-refractivity contribution in [2.45, 2.75) is 24.9 Å². The van der Waals surface area contributed by atoms with Gasteiger partial charge in [0, 0.05) is 30.6 Å². The number of hydrogen-bond donors (Lipinski definition) is 2. The fraction of sp³-hybridized carbons (Fsp3) is 0.278. The molecule has 0 bridgehead atoms. The molecule has 0 aromatic heterocycles. The molecule has 22 heavy (non-hydrogen) atoms. The predicted molar refractivity (Wildman–Crippen MR) is 92.4 cm³/mol. The number of halogens is 1. The lowest BCUT2D eigenvalue weighted by atomic mass is 10.1. The Hall–Kier alpha value is -2.00. The number of benzene rings is 2. The average molecular weight is 314 g/mol. The maximum absolute atomic E-state index is 6.06. The van der Waals surface area contributed by atoms with E-state index in [1.54, 1.807) is 7.05 Å². The Labute approximate surface area is 136 Å². The third kappa shape index (κ3) is 3.80. The Bertz CT molecular complexity index is 654. The summed E-state index contributed by atoms with van der Waals surface area (Å²) in [5, 5.41) is 7.63. The molecule has 2 unspecified atom stereocenters. The first-order valence-corrected chi connectivity index (χ1v) is 7.90. The lowest BCUT2D eigenvalue weighted by Crippen LogP contribution is -2.38. The fourth-order valence-corrected chi connectivity index (χ4v) is 2.81. The maximum Gasteiger partial charge on any atom is 0.191 e. The number of guanidine groups is 1. The van der Waals surface area contributed by atoms with E-state index >= 15 is 0 Å². The Kier molecular flexibility index (Phi) is 4.64. The van der Waals surface area contributed by atoms with Crippen molar-refractivity contribution in [2.24, 2.45) is 4.99 Å². The highest BCUT2D eigenvalue weighted by Crippen LogP contribution is 2.41. The van der Waals surface area contributed by atoms with Crippen molar-refractivity contribution in [1.29, 1.82) is 0 Å². The third-order valence-corrected chi connectivity index (χ3v) is 4.15. The van der Waals surface area contributed by atoms with Gasteiger partial charge in [-0.15, -0.1) is 0 Å². The van der Waals surface area contributed by atoms with Gasteiger partial charge in [0.25, 0.3) is 0 Å². The van der Waals surface area contributed by atoms with Crippen molar-refractivity contribution in [3.05, 3.63) is 70.7 Å². The highest BCUT2D eigenvalue weighted by Gasteiger charge is 2.39. The highest BCUT2D eigenvalue weighted by atomic mass is 35.5. The monoisotopic (exact) mass is 313 g/mol. The zero-order valence-electron chi connectivity index (χ0n) is 12.6. The maximum atomic E-state index is 6.06. The molecular weight excluding hydrogens is 294 g/mol. The number of rotatable bonds is 4. The second-order valence-corrected chi connectivity index (χ2v) is 6.00. The molecular formula is C18H20ClN3. The largest absolute Gasteiger partial charge is 0.353 e. The van der Waals surface area contributed by atoms with Gasteiger partial charge in [0.15, 0.2) is 5.96 Å². The molecule has 114 valence electrons. The average Bonchev–Trinajstić information content (AvgIpc) is 3.32. The van der Waals surface area contributed by atoms with Crippen LogP contribution in [0.5, 0.6) is 0 Å². The van der Waals surface area contributed by atoms with Gasteiger partial charge in [-0.2, -0.15) is 0 Å². The standard InChI is InChI=1S/C18H20ClN3/c1-20-18(21-12-13-6-3-2-4-7-13)22-17-11-16(17)14-8-5-9-15(19)10-14/h2-10,16-17H,11-12H2,1H3,(H2,20,21,22). The van der Waals surface area contributed by atoms with Crippen LogP contribution in [-0.2, 0) is 6.54 Å². The van der Waals surface area contributed by atoms with E-state index in [1.807, 2.05) is 36.4 Å². The molecule has 3 rings (SSSR count). The third-order valence-electron chi connectivity index (χ3n) is 3.92. The fourth-order valence-electron chi connectivity index (χ4n) is 2.61. The molecule has 4 heteroatoms. The second kappa shape index (κ2) is 6.84. The van der Waals surface area contributed by atoms with E-state index in [1.165, 1.54) is 11.1 Å². The molecule has 1 aliphatic rings. The number of aliphatic imine (C=N–C) groups is 1. The van der Waals surface area contributed by atoms with Crippen LogP contribution in [0.2, 0.25) is 5.02 Å². The van der Waals surface area contributed by atoms with Crippen LogP contribution in [-0.4, -0.2) is 19.0 Å². The van der Waals surface area contributed by atoms with Gasteiger partial charge in [0.2, 0.25) is 0 Å². The van der Waals surface area contributed by atoms with E-state index < -0.39 is 0 Å². The summed E-state index contributed by atoms with van der Waals surface area (Å²) in [6.07, 6.45) is 1.12. The van der Waals surface area contributed by atoms with Crippen LogP contribution in [0, 0.1) is 0 Å². The first-order valence-electron chi connectivity index (χ1n) is 7.53. The van der Waals surface area contributed by atoms with Crippen LogP contribution in [0.25, 0.3) is 0 Å². The van der Waals surface area contributed by atoms with Gasteiger partial charge >= 0.3 is 0 Å². The smallest absolute Gasteiger partial charge is 0.191 e. The van der Waals surface area contributed by atoms with Crippen LogP contribution in [0.15, 0.2) is 59.6 Å². The molecule has 0 radical (unpaired) electrons. The summed E-state index contributed by atoms with van der Waals surface area (Å²) in [6, 6.07) is 18.9. The summed E-state index contributed by atoms with van der Waals surface area (Å²) in [5.74, 6) is 1.37. The van der Waals surface area contributed by atoms with E-state index in [9.17, 15) is 0 Å². The summed E-state index contributed by atoms with van der Waals surface area (Å²) in [5.41, 5.74) is 2.54. The topological polar surface area (TPSA) is 36.4 Å². The SMILES string of the molecule is CN=C(NCc1ccccc1)NC1CC1c1cccc(Cl)c1. The van der Waals surface area contributed by atoms with Crippen LogP contribution < -0.4 is 10.6 Å². The van der Waals surface area contributed by atoms with Crippen molar-refractivity contribution in [3.63, 3.8) is 0 Å². The van der Waals surface area contributed by atoms with Gasteiger partial charge in [-0.05, 0) is 29.7 Å². The van der Waals surface area contributed by atoms with E-state index in [-0.39, 0.29) is 0 Å². The quantitative estimate of drug-likeness (QED) is 0.669. The molecule has 0 amide bonds. The van der Waals surface area contributed by atoms with Crippen LogP contribution in [0.1, 0.15) is 23.5 Å². The predicted octanol–water partition coefficient (Wildman–Crippen LogP) is 3.56. The van der Waals surface area contributed by atoms with Gasteiger partial charge < -0.3 is 10.6 Å². The molecule has 2 atom stereocenters. The number of nitrogens with one attached hydrogen (secondary N) is 2. The van der Waals surface area contributed by atoms with Crippen LogP contribution in [0.4, 0.5) is 0 Å². The molecule has 1 aliphatic carbocycles. The summed E-state index contributed by atoms with van der Waals surface area (Å²) in [7, 11) is 1.80. The first-order chi connectivity index (χ1) is 10.8. The summed E-state index contributed by atoms with van der Waals surface area (Å²) in [6.45, 7) is 0.773. The minimum atomic E-state index is 0.431. The normalized spacial score (nSPS) is 20.5. The molecule has 0 heterocycles. The number of hydrogen-bond acceptors (Lipinski definition) is 1. The summed E-state index contributed by atoms with van der Waals surface area (Å²) in [4.78, 5) is 4.30. The Morgan fingerprint density at radius 2 is 2.00 bits per heavy atom. The molecule has 2 aromatic rings. The van der Waals surface area contributed by atoms with Gasteiger partial charge in [-0.25, -0.2) is 0 Å². The Morgan fingerprint density at radius 1 is 1.18 bits per heavy atom. The zero-order chi connectivity index (χ0) is 15.4. The van der Waals surface area contributed by atoms with E-state index in [0.717, 1.165) is 23.9 Å². The molecule has 2 aromatic carbocycles. The summed E-state index contributed by atoms with van der Waals surface area (Å²) < 4.78 is 0. The lowest BCUT2D eigenvalue weighted by molar-refractivity contribution is 0.790. The molecule has 1 fully saturated rings. The minimum Gasteiger partial charge on any atom is -0.353 e. The number of nitrogens with zero attached hydrogens (tertiary/aromatic N) is 1. The molecule has 0 spiro atoms. The van der Waals surface area contributed by atoms with E-state index in [2.05, 4.69) is 33.8 Å². The van der Waals surface area contributed by atoms with Gasteiger partial charge in [0.05, 0.1) is 0 Å². The molecule has 2 N–H and O–H groups in total. The van der Waals surface area contributed by atoms with Gasteiger partial charge in [-0.1, -0.05) is 54.1 Å². The highest BCUT2D eigenvalue weighted by molar-refractivity contribution is 6.30. The Balaban J connectivity index is 1.52. The summed E-state index contributed by atoms with van der Waals surface area (Å²) >= 11 is 6.06. The molecule has 0 saturated heterocycles. The molecule has 3 nitrogen and oxygen atoms in total. The van der Waals surface area contributed by atoms with Crippen molar-refractivity contribution >= 4 is 17.6 Å². The van der Waals surface area contributed by atoms with Gasteiger partial charge in [0.1, 0.15) is 0 Å². The van der Waals surface area contributed by atoms with Gasteiger partial charge in [-0.3, -0.25) is 4.99 Å². The lowest BCUT2D eigenvalue weighted by Gasteiger charge is -2.12. The first kappa shape index (κ1) is 14.9. The zero-order valence-corrected chi connectivity index (χ0v) is 13.3.